The molecule has 1 aliphatic carbocycles. The number of ketones is 1. The van der Waals surface area contributed by atoms with Crippen molar-refractivity contribution in [2.24, 2.45) is 11.8 Å². The van der Waals surface area contributed by atoms with Crippen molar-refractivity contribution in [2.45, 2.75) is 32.3 Å². The molecule has 1 N–H and O–H groups in total. The van der Waals surface area contributed by atoms with Gasteiger partial charge in [-0.2, -0.15) is 0 Å². The van der Waals surface area contributed by atoms with Crippen molar-refractivity contribution >= 4 is 11.5 Å². The van der Waals surface area contributed by atoms with Crippen LogP contribution in [0.5, 0.6) is 0 Å². The summed E-state index contributed by atoms with van der Waals surface area (Å²) < 4.78 is 0. The molecule has 1 saturated carbocycles. The summed E-state index contributed by atoms with van der Waals surface area (Å²) >= 11 is 0. The van der Waals surface area contributed by atoms with Gasteiger partial charge in [-0.15, -0.1) is 0 Å². The summed E-state index contributed by atoms with van der Waals surface area (Å²) in [6.45, 7) is 1.89. The second-order valence-corrected chi connectivity index (χ2v) is 5.13. The van der Waals surface area contributed by atoms with Crippen LogP contribution >= 0.6 is 0 Å². The highest BCUT2D eigenvalue weighted by atomic mass is 16.6. The van der Waals surface area contributed by atoms with Crippen LogP contribution in [0.4, 0.5) is 5.69 Å². The zero-order valence-corrected chi connectivity index (χ0v) is 10.8. The highest BCUT2D eigenvalue weighted by Gasteiger charge is 2.34. The Morgan fingerprint density at radius 3 is 2.53 bits per heavy atom. The van der Waals surface area contributed by atoms with Gasteiger partial charge in [0.15, 0.2) is 0 Å². The molecule has 0 heterocycles. The standard InChI is InChI=1S/C14H17NO4/c1-9-3-2-4-12(13(9)16)14(17)10-5-7-11(8-6-10)15(18)19/h5-9,12,14,17H,2-4H2,1H3/t9-,12-,14-/m0/s1. The molecule has 5 heteroatoms. The number of nitro benzene ring substituents is 1. The summed E-state index contributed by atoms with van der Waals surface area (Å²) in [6, 6.07) is 5.76. The van der Waals surface area contributed by atoms with Gasteiger partial charge in [0, 0.05) is 24.0 Å². The fraction of sp³-hybridized carbons (Fsp3) is 0.500. The zero-order chi connectivity index (χ0) is 14.0. The number of aliphatic hydroxyl groups is 1. The number of nitrogens with zero attached hydrogens (tertiary/aromatic N) is 1. The summed E-state index contributed by atoms with van der Waals surface area (Å²) in [5.74, 6) is -0.297. The van der Waals surface area contributed by atoms with Crippen molar-refractivity contribution < 1.29 is 14.8 Å². The number of carbonyl (C=O) groups is 1. The van der Waals surface area contributed by atoms with Crippen molar-refractivity contribution in [3.8, 4) is 0 Å². The second-order valence-electron chi connectivity index (χ2n) is 5.13. The van der Waals surface area contributed by atoms with Crippen molar-refractivity contribution in [1.29, 1.82) is 0 Å². The molecule has 0 saturated heterocycles. The molecule has 0 spiro atoms. The van der Waals surface area contributed by atoms with Gasteiger partial charge in [-0.05, 0) is 30.5 Å². The number of rotatable bonds is 3. The largest absolute Gasteiger partial charge is 0.388 e. The summed E-state index contributed by atoms with van der Waals surface area (Å²) in [4.78, 5) is 22.1. The van der Waals surface area contributed by atoms with E-state index in [4.69, 9.17) is 0 Å². The fourth-order valence-electron chi connectivity index (χ4n) is 2.63. The van der Waals surface area contributed by atoms with E-state index in [-0.39, 0.29) is 23.3 Å². The van der Waals surface area contributed by atoms with E-state index in [2.05, 4.69) is 0 Å². The molecule has 0 bridgehead atoms. The van der Waals surface area contributed by atoms with E-state index in [0.29, 0.717) is 12.0 Å². The van der Waals surface area contributed by atoms with Crippen LogP contribution in [0.15, 0.2) is 24.3 Å². The van der Waals surface area contributed by atoms with Crippen LogP contribution in [0.25, 0.3) is 0 Å². The molecular weight excluding hydrogens is 246 g/mol. The summed E-state index contributed by atoms with van der Waals surface area (Å²) in [7, 11) is 0. The molecule has 0 aromatic heterocycles. The summed E-state index contributed by atoms with van der Waals surface area (Å²) in [5.41, 5.74) is 0.553. The maximum Gasteiger partial charge on any atom is 0.269 e. The molecular formula is C14H17NO4. The molecule has 19 heavy (non-hydrogen) atoms. The molecule has 1 aromatic carbocycles. The Balaban J connectivity index is 2.16. The number of non-ortho nitro benzene ring substituents is 1. The van der Waals surface area contributed by atoms with E-state index in [1.165, 1.54) is 24.3 Å². The van der Waals surface area contributed by atoms with E-state index in [1.807, 2.05) is 6.92 Å². The second kappa shape index (κ2) is 5.48. The Hall–Kier alpha value is -1.75. The van der Waals surface area contributed by atoms with Crippen molar-refractivity contribution in [3.05, 3.63) is 39.9 Å². The van der Waals surface area contributed by atoms with Crippen LogP contribution in [-0.4, -0.2) is 15.8 Å². The van der Waals surface area contributed by atoms with Crippen molar-refractivity contribution in [1.82, 2.24) is 0 Å². The summed E-state index contributed by atoms with van der Waals surface area (Å²) in [6.07, 6.45) is 1.63. The van der Waals surface area contributed by atoms with E-state index in [0.717, 1.165) is 12.8 Å². The molecule has 2 rings (SSSR count). The average molecular weight is 263 g/mol. The number of nitro groups is 1. The van der Waals surface area contributed by atoms with Gasteiger partial charge in [0.05, 0.1) is 11.0 Å². The zero-order valence-electron chi connectivity index (χ0n) is 10.8. The lowest BCUT2D eigenvalue weighted by Crippen LogP contribution is -2.31. The normalized spacial score (nSPS) is 25.1. The first kappa shape index (κ1) is 13.7. The highest BCUT2D eigenvalue weighted by Crippen LogP contribution is 2.34. The molecule has 3 atom stereocenters. The lowest BCUT2D eigenvalue weighted by Gasteiger charge is -2.29. The van der Waals surface area contributed by atoms with Gasteiger partial charge >= 0.3 is 0 Å². The Bertz CT molecular complexity index is 483. The van der Waals surface area contributed by atoms with Gasteiger partial charge in [0.25, 0.3) is 5.69 Å². The molecule has 0 aliphatic heterocycles. The van der Waals surface area contributed by atoms with E-state index < -0.39 is 11.0 Å². The van der Waals surface area contributed by atoms with Crippen LogP contribution in [0.2, 0.25) is 0 Å². The monoisotopic (exact) mass is 263 g/mol. The Morgan fingerprint density at radius 1 is 1.32 bits per heavy atom. The first-order valence-corrected chi connectivity index (χ1v) is 6.47. The molecule has 0 radical (unpaired) electrons. The quantitative estimate of drug-likeness (QED) is 0.671. The van der Waals surface area contributed by atoms with Crippen molar-refractivity contribution in [2.75, 3.05) is 0 Å². The minimum Gasteiger partial charge on any atom is -0.388 e. The lowest BCUT2D eigenvalue weighted by molar-refractivity contribution is -0.384. The molecule has 102 valence electrons. The van der Waals surface area contributed by atoms with E-state index in [9.17, 15) is 20.0 Å². The minimum absolute atomic E-state index is 0.00792. The van der Waals surface area contributed by atoms with Crippen LogP contribution in [0, 0.1) is 22.0 Å². The van der Waals surface area contributed by atoms with Gasteiger partial charge in [-0.1, -0.05) is 13.3 Å². The average Bonchev–Trinajstić information content (AvgIpc) is 2.41. The Labute approximate surface area is 111 Å². The maximum absolute atomic E-state index is 12.0. The van der Waals surface area contributed by atoms with Crippen LogP contribution in [0.3, 0.4) is 0 Å². The molecule has 0 unspecified atom stereocenters. The van der Waals surface area contributed by atoms with Crippen LogP contribution < -0.4 is 0 Å². The predicted molar refractivity (Wildman–Crippen MR) is 69.6 cm³/mol. The van der Waals surface area contributed by atoms with E-state index in [1.54, 1.807) is 0 Å². The van der Waals surface area contributed by atoms with Gasteiger partial charge in [0.1, 0.15) is 5.78 Å². The smallest absolute Gasteiger partial charge is 0.269 e. The highest BCUT2D eigenvalue weighted by molar-refractivity contribution is 5.84. The topological polar surface area (TPSA) is 80.4 Å². The minimum atomic E-state index is -0.865. The SMILES string of the molecule is C[C@H]1CCC[C@H]([C@@H](O)c2ccc([N+](=O)[O-])cc2)C1=O. The number of hydrogen-bond donors (Lipinski definition) is 1. The molecule has 1 aromatic rings. The number of hydrogen-bond acceptors (Lipinski definition) is 4. The van der Waals surface area contributed by atoms with E-state index >= 15 is 0 Å². The number of carbonyl (C=O) groups excluding carboxylic acids is 1. The van der Waals surface area contributed by atoms with Gasteiger partial charge < -0.3 is 5.11 Å². The Morgan fingerprint density at radius 2 is 1.95 bits per heavy atom. The number of Topliss-reactive ketones (excluding diaryl/α,β-unsaturated/α-hetero) is 1. The predicted octanol–water partition coefficient (Wildman–Crippen LogP) is 2.63. The first-order chi connectivity index (χ1) is 9.00. The van der Waals surface area contributed by atoms with Crippen LogP contribution in [0.1, 0.15) is 37.9 Å². The number of benzene rings is 1. The molecule has 5 nitrogen and oxygen atoms in total. The lowest BCUT2D eigenvalue weighted by atomic mass is 9.77. The third-order valence-electron chi connectivity index (χ3n) is 3.83. The number of aliphatic hydroxyl groups excluding tert-OH is 1. The van der Waals surface area contributed by atoms with Gasteiger partial charge in [-0.25, -0.2) is 0 Å². The Kier molecular flexibility index (Phi) is 3.95. The molecule has 1 fully saturated rings. The molecule has 0 amide bonds. The fourth-order valence-corrected chi connectivity index (χ4v) is 2.63. The van der Waals surface area contributed by atoms with Gasteiger partial charge in [-0.3, -0.25) is 14.9 Å². The summed E-state index contributed by atoms with van der Waals surface area (Å²) in [5, 5.41) is 20.8. The van der Waals surface area contributed by atoms with Crippen molar-refractivity contribution in [3.63, 3.8) is 0 Å². The first-order valence-electron chi connectivity index (χ1n) is 6.47. The third kappa shape index (κ3) is 2.81. The van der Waals surface area contributed by atoms with Crippen LogP contribution in [-0.2, 0) is 4.79 Å². The molecule has 1 aliphatic rings. The van der Waals surface area contributed by atoms with Gasteiger partial charge in [0.2, 0.25) is 0 Å². The third-order valence-corrected chi connectivity index (χ3v) is 3.83. The maximum atomic E-state index is 12.0.